The second-order valence-corrected chi connectivity index (χ2v) is 8.43. The standard InChI is InChI=1S/C26H26N8O6/c1-39-21-17(25(37)33-29)9-13-7-11(23(35)31-27)3-5-15(13)19(21)20-16-6-4-12(24(36)32-28)8-14(16)10-18(22(20)40-2)26(38)34-30/h3-10H,27-30H2,1-2H3,(H,31,35)(H,32,36)(H,33,37)(H,34,38). The van der Waals surface area contributed by atoms with Gasteiger partial charge in [-0.25, -0.2) is 23.4 Å². The van der Waals surface area contributed by atoms with Gasteiger partial charge in [-0.05, 0) is 57.9 Å². The first-order valence-corrected chi connectivity index (χ1v) is 11.6. The van der Waals surface area contributed by atoms with E-state index in [1.807, 2.05) is 0 Å². The van der Waals surface area contributed by atoms with Crippen molar-refractivity contribution in [3.8, 4) is 22.6 Å². The maximum Gasteiger partial charge on any atom is 0.268 e. The van der Waals surface area contributed by atoms with Gasteiger partial charge in [0.15, 0.2) is 0 Å². The fourth-order valence-corrected chi connectivity index (χ4v) is 4.64. The van der Waals surface area contributed by atoms with Crippen LogP contribution in [-0.2, 0) is 0 Å². The lowest BCUT2D eigenvalue weighted by Gasteiger charge is -2.22. The van der Waals surface area contributed by atoms with Crippen molar-refractivity contribution in [2.24, 2.45) is 23.4 Å². The van der Waals surface area contributed by atoms with E-state index in [1.165, 1.54) is 50.6 Å². The van der Waals surface area contributed by atoms with E-state index in [4.69, 9.17) is 32.8 Å². The lowest BCUT2D eigenvalue weighted by atomic mass is 9.87. The highest BCUT2D eigenvalue weighted by atomic mass is 16.5. The van der Waals surface area contributed by atoms with E-state index in [2.05, 4.69) is 21.7 Å². The molecule has 14 nitrogen and oxygen atoms in total. The summed E-state index contributed by atoms with van der Waals surface area (Å²) in [5.74, 6) is 19.3. The van der Waals surface area contributed by atoms with Gasteiger partial charge in [-0.3, -0.25) is 40.9 Å². The summed E-state index contributed by atoms with van der Waals surface area (Å²) in [5.41, 5.74) is 9.49. The normalized spacial score (nSPS) is 10.7. The van der Waals surface area contributed by atoms with Crippen LogP contribution in [0.3, 0.4) is 0 Å². The van der Waals surface area contributed by atoms with Gasteiger partial charge in [0.05, 0.1) is 25.3 Å². The molecule has 0 aromatic heterocycles. The highest BCUT2D eigenvalue weighted by Gasteiger charge is 2.28. The third kappa shape index (κ3) is 4.59. The first-order chi connectivity index (χ1) is 19.2. The fraction of sp³-hybridized carbons (Fsp3) is 0.0769. The number of nitrogens with one attached hydrogen (secondary N) is 4. The van der Waals surface area contributed by atoms with Crippen LogP contribution < -0.4 is 54.5 Å². The topological polar surface area (TPSA) is 239 Å². The monoisotopic (exact) mass is 546 g/mol. The number of rotatable bonds is 7. The van der Waals surface area contributed by atoms with Gasteiger partial charge in [0.1, 0.15) is 11.5 Å². The molecular formula is C26H26N8O6. The number of methoxy groups -OCH3 is 2. The Hall–Kier alpha value is -5.28. The van der Waals surface area contributed by atoms with Crippen LogP contribution in [0.15, 0.2) is 48.5 Å². The molecule has 4 rings (SSSR count). The summed E-state index contributed by atoms with van der Waals surface area (Å²) in [6.45, 7) is 0. The van der Waals surface area contributed by atoms with Crippen molar-refractivity contribution >= 4 is 45.2 Å². The van der Waals surface area contributed by atoms with Crippen molar-refractivity contribution in [1.29, 1.82) is 0 Å². The van der Waals surface area contributed by atoms with Crippen LogP contribution in [0.2, 0.25) is 0 Å². The van der Waals surface area contributed by atoms with Crippen molar-refractivity contribution in [3.05, 3.63) is 70.8 Å². The zero-order valence-corrected chi connectivity index (χ0v) is 21.4. The zero-order valence-electron chi connectivity index (χ0n) is 21.4. The Morgan fingerprint density at radius 3 is 1.20 bits per heavy atom. The minimum atomic E-state index is -0.685. The molecule has 4 aromatic carbocycles. The predicted molar refractivity (Wildman–Crippen MR) is 147 cm³/mol. The van der Waals surface area contributed by atoms with Crippen LogP contribution in [0.1, 0.15) is 41.4 Å². The number of nitrogen functional groups attached to an aromatic ring is 4. The zero-order chi connectivity index (χ0) is 29.1. The summed E-state index contributed by atoms with van der Waals surface area (Å²) in [5, 5.41) is 1.93. The average molecular weight is 547 g/mol. The number of carbonyl (C=O) groups is 4. The number of nitrogens with two attached hydrogens (primary N) is 4. The number of amides is 4. The molecule has 40 heavy (non-hydrogen) atoms. The maximum atomic E-state index is 12.9. The minimum Gasteiger partial charge on any atom is -0.495 e. The van der Waals surface area contributed by atoms with Crippen LogP contribution in [0, 0.1) is 0 Å². The molecule has 4 aromatic rings. The highest BCUT2D eigenvalue weighted by Crippen LogP contribution is 2.48. The molecule has 0 bridgehead atoms. The number of carbonyl (C=O) groups excluding carboxylic acids is 4. The van der Waals surface area contributed by atoms with E-state index in [0.29, 0.717) is 32.7 Å². The van der Waals surface area contributed by atoms with E-state index in [-0.39, 0.29) is 33.8 Å². The lowest BCUT2D eigenvalue weighted by molar-refractivity contribution is 0.0942. The molecule has 0 atom stereocenters. The van der Waals surface area contributed by atoms with Gasteiger partial charge in [0.25, 0.3) is 23.6 Å². The van der Waals surface area contributed by atoms with Crippen molar-refractivity contribution < 1.29 is 28.7 Å². The summed E-state index contributed by atoms with van der Waals surface area (Å²) in [4.78, 5) is 50.4. The summed E-state index contributed by atoms with van der Waals surface area (Å²) in [6.07, 6.45) is 0. The van der Waals surface area contributed by atoms with E-state index in [9.17, 15) is 19.2 Å². The van der Waals surface area contributed by atoms with Gasteiger partial charge >= 0.3 is 0 Å². The summed E-state index contributed by atoms with van der Waals surface area (Å²) >= 11 is 0. The van der Waals surface area contributed by atoms with Crippen molar-refractivity contribution in [2.45, 2.75) is 0 Å². The predicted octanol–water partition coefficient (Wildman–Crippen LogP) is 0.0912. The minimum absolute atomic E-state index is 0.0285. The second kappa shape index (κ2) is 11.2. The molecule has 4 amide bonds. The molecule has 0 aliphatic carbocycles. The molecule has 0 unspecified atom stereocenters. The molecule has 0 fully saturated rings. The molecule has 206 valence electrons. The quantitative estimate of drug-likeness (QED) is 0.0882. The van der Waals surface area contributed by atoms with Gasteiger partial charge in [0, 0.05) is 22.3 Å². The molecule has 0 radical (unpaired) electrons. The van der Waals surface area contributed by atoms with Gasteiger partial charge in [-0.2, -0.15) is 0 Å². The molecule has 0 aliphatic rings. The van der Waals surface area contributed by atoms with Crippen LogP contribution >= 0.6 is 0 Å². The Labute approximate surface area is 226 Å². The Morgan fingerprint density at radius 2 is 0.900 bits per heavy atom. The molecule has 0 spiro atoms. The summed E-state index contributed by atoms with van der Waals surface area (Å²) < 4.78 is 11.5. The molecule has 14 heteroatoms. The Bertz CT molecular complexity index is 1580. The highest BCUT2D eigenvalue weighted by molar-refractivity contribution is 6.18. The number of hydrogen-bond acceptors (Lipinski definition) is 10. The number of hydrazine groups is 4. The summed E-state index contributed by atoms with van der Waals surface area (Å²) in [7, 11) is 2.73. The molecule has 0 heterocycles. The Balaban J connectivity index is 2.27. The third-order valence-corrected chi connectivity index (χ3v) is 6.38. The molecule has 12 N–H and O–H groups in total. The van der Waals surface area contributed by atoms with E-state index < -0.39 is 23.6 Å². The number of benzene rings is 4. The first-order valence-electron chi connectivity index (χ1n) is 11.6. The summed E-state index contributed by atoms with van der Waals surface area (Å²) in [6, 6.07) is 12.4. The van der Waals surface area contributed by atoms with Gasteiger partial charge < -0.3 is 9.47 Å². The second-order valence-electron chi connectivity index (χ2n) is 8.43. The van der Waals surface area contributed by atoms with E-state index in [0.717, 1.165) is 0 Å². The van der Waals surface area contributed by atoms with Crippen LogP contribution in [0.4, 0.5) is 0 Å². The largest absolute Gasteiger partial charge is 0.495 e. The van der Waals surface area contributed by atoms with Crippen LogP contribution in [0.25, 0.3) is 32.7 Å². The average Bonchev–Trinajstić information content (AvgIpc) is 3.00. The van der Waals surface area contributed by atoms with E-state index >= 15 is 0 Å². The van der Waals surface area contributed by atoms with Gasteiger partial charge in [-0.15, -0.1) is 0 Å². The Kier molecular flexibility index (Phi) is 7.78. The maximum absolute atomic E-state index is 12.9. The smallest absolute Gasteiger partial charge is 0.268 e. The van der Waals surface area contributed by atoms with Gasteiger partial charge in [-0.1, -0.05) is 12.1 Å². The van der Waals surface area contributed by atoms with Crippen LogP contribution in [-0.4, -0.2) is 37.8 Å². The van der Waals surface area contributed by atoms with Crippen molar-refractivity contribution in [1.82, 2.24) is 21.7 Å². The Morgan fingerprint density at radius 1 is 0.550 bits per heavy atom. The van der Waals surface area contributed by atoms with E-state index in [1.54, 1.807) is 12.1 Å². The van der Waals surface area contributed by atoms with Crippen molar-refractivity contribution in [3.63, 3.8) is 0 Å². The molecular weight excluding hydrogens is 520 g/mol. The van der Waals surface area contributed by atoms with Crippen LogP contribution in [0.5, 0.6) is 11.5 Å². The van der Waals surface area contributed by atoms with Crippen molar-refractivity contribution in [2.75, 3.05) is 14.2 Å². The number of hydrogen-bond donors (Lipinski definition) is 8. The SMILES string of the molecule is COc1c(C(=O)NN)cc2cc(C(=O)NN)ccc2c1-c1c(OC)c(C(=O)NN)cc2cc(C(=O)NN)ccc12. The fourth-order valence-electron chi connectivity index (χ4n) is 4.64. The number of fused-ring (bicyclic) bond motifs is 2. The number of ether oxygens (including phenoxy) is 2. The molecule has 0 saturated heterocycles. The first kappa shape index (κ1) is 27.7. The third-order valence-electron chi connectivity index (χ3n) is 6.38. The molecule has 0 saturated carbocycles. The van der Waals surface area contributed by atoms with Gasteiger partial charge in [0.2, 0.25) is 0 Å². The molecule has 0 aliphatic heterocycles. The lowest BCUT2D eigenvalue weighted by Crippen LogP contribution is -2.31.